The van der Waals surface area contributed by atoms with E-state index < -0.39 is 10.0 Å². The maximum atomic E-state index is 12.1. The monoisotopic (exact) mass is 339 g/mol. The second-order valence-electron chi connectivity index (χ2n) is 6.48. The fourth-order valence-corrected chi connectivity index (χ4v) is 3.36. The van der Waals surface area contributed by atoms with Gasteiger partial charge < -0.3 is 11.1 Å². The van der Waals surface area contributed by atoms with E-state index in [4.69, 9.17) is 5.73 Å². The van der Waals surface area contributed by atoms with Crippen LogP contribution in [0.3, 0.4) is 0 Å². The normalized spacial score (nSPS) is 16.3. The fourth-order valence-electron chi connectivity index (χ4n) is 2.15. The van der Waals surface area contributed by atoms with Crippen molar-refractivity contribution in [1.82, 2.24) is 10.0 Å². The lowest BCUT2D eigenvalue weighted by Crippen LogP contribution is -2.38. The van der Waals surface area contributed by atoms with Gasteiger partial charge in [0.25, 0.3) is 5.91 Å². The molecule has 0 heterocycles. The maximum Gasteiger partial charge on any atom is 0.251 e. The van der Waals surface area contributed by atoms with Gasteiger partial charge in [-0.25, -0.2) is 13.1 Å². The van der Waals surface area contributed by atoms with Crippen LogP contribution in [0, 0.1) is 11.8 Å². The van der Waals surface area contributed by atoms with Gasteiger partial charge in [-0.05, 0) is 48.9 Å². The first-order valence-electron chi connectivity index (χ1n) is 7.93. The minimum absolute atomic E-state index is 0.00108. The molecule has 4 N–H and O–H groups in total. The van der Waals surface area contributed by atoms with Gasteiger partial charge >= 0.3 is 0 Å². The standard InChI is InChI=1S/C16H25N3O3S/c1-11(2)9-19-23(21,22)14-7-5-13(6-8-14)16(20)18-10-15(17)12-3-4-12/h5-8,11-12,15,19H,3-4,9-10,17H2,1-2H3,(H,18,20). The Balaban J connectivity index is 1.93. The highest BCUT2D eigenvalue weighted by atomic mass is 32.2. The predicted octanol–water partition coefficient (Wildman–Crippen LogP) is 1.09. The summed E-state index contributed by atoms with van der Waals surface area (Å²) in [4.78, 5) is 12.2. The first-order valence-corrected chi connectivity index (χ1v) is 9.41. The molecule has 0 aliphatic heterocycles. The number of carbonyl (C=O) groups is 1. The van der Waals surface area contributed by atoms with Gasteiger partial charge in [-0.3, -0.25) is 4.79 Å². The molecule has 7 heteroatoms. The number of benzene rings is 1. The van der Waals surface area contributed by atoms with Crippen molar-refractivity contribution >= 4 is 15.9 Å². The predicted molar refractivity (Wildman–Crippen MR) is 89.5 cm³/mol. The number of nitrogens with two attached hydrogens (primary N) is 1. The van der Waals surface area contributed by atoms with E-state index in [9.17, 15) is 13.2 Å². The molecular formula is C16H25N3O3S. The third-order valence-electron chi connectivity index (χ3n) is 3.83. The first kappa shape index (κ1) is 17.9. The van der Waals surface area contributed by atoms with Crippen LogP contribution in [-0.2, 0) is 10.0 Å². The highest BCUT2D eigenvalue weighted by molar-refractivity contribution is 7.89. The summed E-state index contributed by atoms with van der Waals surface area (Å²) in [5.41, 5.74) is 6.37. The molecule has 1 fully saturated rings. The van der Waals surface area contributed by atoms with Crippen LogP contribution in [0.15, 0.2) is 29.2 Å². The van der Waals surface area contributed by atoms with Gasteiger partial charge in [0.05, 0.1) is 4.90 Å². The summed E-state index contributed by atoms with van der Waals surface area (Å²) in [5, 5.41) is 2.79. The Morgan fingerprint density at radius 1 is 1.22 bits per heavy atom. The Kier molecular flexibility index (Phi) is 5.78. The molecular weight excluding hydrogens is 314 g/mol. The highest BCUT2D eigenvalue weighted by Crippen LogP contribution is 2.31. The van der Waals surface area contributed by atoms with E-state index >= 15 is 0 Å². The molecule has 128 valence electrons. The number of nitrogens with one attached hydrogen (secondary N) is 2. The molecule has 0 saturated heterocycles. The van der Waals surface area contributed by atoms with Gasteiger partial charge in [-0.1, -0.05) is 13.8 Å². The zero-order valence-electron chi connectivity index (χ0n) is 13.6. The zero-order chi connectivity index (χ0) is 17.0. The lowest BCUT2D eigenvalue weighted by Gasteiger charge is -2.12. The average Bonchev–Trinajstić information content (AvgIpc) is 3.35. The second kappa shape index (κ2) is 7.42. The van der Waals surface area contributed by atoms with Crippen LogP contribution in [0.25, 0.3) is 0 Å². The number of rotatable bonds is 8. The van der Waals surface area contributed by atoms with Gasteiger partial charge in [-0.2, -0.15) is 0 Å². The van der Waals surface area contributed by atoms with Crippen LogP contribution in [0.5, 0.6) is 0 Å². The van der Waals surface area contributed by atoms with Gasteiger partial charge in [0, 0.05) is 24.7 Å². The van der Waals surface area contributed by atoms with E-state index in [1.807, 2.05) is 13.8 Å². The molecule has 0 radical (unpaired) electrons. The Morgan fingerprint density at radius 2 is 1.83 bits per heavy atom. The third kappa shape index (κ3) is 5.30. The summed E-state index contributed by atoms with van der Waals surface area (Å²) in [6.45, 7) is 4.69. The summed E-state index contributed by atoms with van der Waals surface area (Å²) >= 11 is 0. The summed E-state index contributed by atoms with van der Waals surface area (Å²) in [6.07, 6.45) is 2.26. The molecule has 23 heavy (non-hydrogen) atoms. The highest BCUT2D eigenvalue weighted by Gasteiger charge is 2.28. The molecule has 1 aliphatic rings. The van der Waals surface area contributed by atoms with E-state index in [1.54, 1.807) is 0 Å². The van der Waals surface area contributed by atoms with Gasteiger partial charge in [-0.15, -0.1) is 0 Å². The van der Waals surface area contributed by atoms with Gasteiger partial charge in [0.1, 0.15) is 0 Å². The molecule has 1 amide bonds. The molecule has 2 rings (SSSR count). The summed E-state index contributed by atoms with van der Waals surface area (Å²) < 4.78 is 26.7. The SMILES string of the molecule is CC(C)CNS(=O)(=O)c1ccc(C(=O)NCC(N)C2CC2)cc1. The van der Waals surface area contributed by atoms with Crippen LogP contribution in [-0.4, -0.2) is 33.5 Å². The van der Waals surface area contributed by atoms with Crippen molar-refractivity contribution in [1.29, 1.82) is 0 Å². The van der Waals surface area contributed by atoms with E-state index in [0.717, 1.165) is 12.8 Å². The van der Waals surface area contributed by atoms with Crippen LogP contribution in [0.1, 0.15) is 37.0 Å². The Bertz CT molecular complexity index is 637. The molecule has 1 aromatic rings. The molecule has 0 spiro atoms. The van der Waals surface area contributed by atoms with Gasteiger partial charge in [0.15, 0.2) is 0 Å². The van der Waals surface area contributed by atoms with Crippen molar-refractivity contribution in [3.8, 4) is 0 Å². The number of hydrogen-bond acceptors (Lipinski definition) is 4. The Hall–Kier alpha value is -1.44. The van der Waals surface area contributed by atoms with Gasteiger partial charge in [0.2, 0.25) is 10.0 Å². The zero-order valence-corrected chi connectivity index (χ0v) is 14.4. The van der Waals surface area contributed by atoms with E-state index in [-0.39, 0.29) is 22.8 Å². The quantitative estimate of drug-likeness (QED) is 0.660. The maximum absolute atomic E-state index is 12.1. The summed E-state index contributed by atoms with van der Waals surface area (Å²) in [5.74, 6) is 0.514. The lowest BCUT2D eigenvalue weighted by atomic mass is 10.2. The summed E-state index contributed by atoms with van der Waals surface area (Å²) in [6, 6.07) is 5.92. The average molecular weight is 339 g/mol. The third-order valence-corrected chi connectivity index (χ3v) is 5.27. The molecule has 1 saturated carbocycles. The molecule has 1 unspecified atom stereocenters. The molecule has 1 aliphatic carbocycles. The topological polar surface area (TPSA) is 101 Å². The molecule has 1 atom stereocenters. The number of carbonyl (C=O) groups excluding carboxylic acids is 1. The van der Waals surface area contributed by atoms with Crippen molar-refractivity contribution in [2.24, 2.45) is 17.6 Å². The summed E-state index contributed by atoms with van der Waals surface area (Å²) in [7, 11) is -3.53. The van der Waals surface area contributed by atoms with E-state index in [0.29, 0.717) is 24.6 Å². The minimum atomic E-state index is -3.53. The Morgan fingerprint density at radius 3 is 2.35 bits per heavy atom. The van der Waals surface area contributed by atoms with E-state index in [1.165, 1.54) is 24.3 Å². The van der Waals surface area contributed by atoms with Crippen molar-refractivity contribution in [2.45, 2.75) is 37.6 Å². The van der Waals surface area contributed by atoms with Crippen molar-refractivity contribution in [3.63, 3.8) is 0 Å². The van der Waals surface area contributed by atoms with Crippen LogP contribution in [0.4, 0.5) is 0 Å². The Labute approximate surface area is 137 Å². The number of amides is 1. The van der Waals surface area contributed by atoms with Crippen LogP contribution < -0.4 is 15.8 Å². The van der Waals surface area contributed by atoms with Crippen molar-refractivity contribution < 1.29 is 13.2 Å². The molecule has 0 aromatic heterocycles. The van der Waals surface area contributed by atoms with Crippen LogP contribution >= 0.6 is 0 Å². The number of hydrogen-bond donors (Lipinski definition) is 3. The minimum Gasteiger partial charge on any atom is -0.350 e. The molecule has 1 aromatic carbocycles. The fraction of sp³-hybridized carbons (Fsp3) is 0.562. The van der Waals surface area contributed by atoms with Crippen molar-refractivity contribution in [2.75, 3.05) is 13.1 Å². The first-order chi connectivity index (χ1) is 10.8. The smallest absolute Gasteiger partial charge is 0.251 e. The van der Waals surface area contributed by atoms with Crippen molar-refractivity contribution in [3.05, 3.63) is 29.8 Å². The second-order valence-corrected chi connectivity index (χ2v) is 8.25. The van der Waals surface area contributed by atoms with Crippen LogP contribution in [0.2, 0.25) is 0 Å². The lowest BCUT2D eigenvalue weighted by molar-refractivity contribution is 0.0950. The largest absolute Gasteiger partial charge is 0.350 e. The molecule has 6 nitrogen and oxygen atoms in total. The number of sulfonamides is 1. The molecule has 0 bridgehead atoms. The van der Waals surface area contributed by atoms with E-state index in [2.05, 4.69) is 10.0 Å².